The van der Waals surface area contributed by atoms with Gasteiger partial charge in [-0.25, -0.2) is 9.59 Å². The maximum Gasteiger partial charge on any atom is 0.319 e. The Labute approximate surface area is 185 Å². The van der Waals surface area contributed by atoms with Crippen LogP contribution in [0.25, 0.3) is 0 Å². The van der Waals surface area contributed by atoms with Gasteiger partial charge in [-0.05, 0) is 50.8 Å². The highest BCUT2D eigenvalue weighted by Crippen LogP contribution is 2.20. The van der Waals surface area contributed by atoms with E-state index in [0.717, 1.165) is 31.2 Å². The van der Waals surface area contributed by atoms with Crippen molar-refractivity contribution in [3.05, 3.63) is 23.8 Å². The molecule has 8 nitrogen and oxygen atoms in total. The molecule has 0 fully saturated rings. The zero-order valence-electron chi connectivity index (χ0n) is 19.5. The van der Waals surface area contributed by atoms with E-state index >= 15 is 0 Å². The van der Waals surface area contributed by atoms with Crippen LogP contribution >= 0.6 is 0 Å². The van der Waals surface area contributed by atoms with E-state index in [-0.39, 0.29) is 24.5 Å². The van der Waals surface area contributed by atoms with Crippen LogP contribution in [0.5, 0.6) is 0 Å². The summed E-state index contributed by atoms with van der Waals surface area (Å²) < 4.78 is 4.88. The summed E-state index contributed by atoms with van der Waals surface area (Å²) in [7, 11) is 0. The second kappa shape index (κ2) is 14.3. The van der Waals surface area contributed by atoms with Crippen molar-refractivity contribution >= 4 is 29.4 Å². The Bertz CT molecular complexity index is 724. The van der Waals surface area contributed by atoms with Gasteiger partial charge in [-0.3, -0.25) is 4.79 Å². The first-order valence-electron chi connectivity index (χ1n) is 11.2. The highest BCUT2D eigenvalue weighted by atomic mass is 16.5. The molecule has 8 heteroatoms. The van der Waals surface area contributed by atoms with Crippen LogP contribution in [0.2, 0.25) is 0 Å². The lowest BCUT2D eigenvalue weighted by Crippen LogP contribution is -2.37. The number of hydrogen-bond acceptors (Lipinski definition) is 4. The van der Waals surface area contributed by atoms with E-state index in [9.17, 15) is 14.4 Å². The van der Waals surface area contributed by atoms with Crippen molar-refractivity contribution in [2.45, 2.75) is 72.8 Å². The van der Waals surface area contributed by atoms with Gasteiger partial charge in [0.2, 0.25) is 0 Å². The minimum atomic E-state index is -0.433. The number of unbranched alkanes of at least 4 members (excludes halogenated alkanes) is 1. The monoisotopic (exact) mass is 434 g/mol. The van der Waals surface area contributed by atoms with Gasteiger partial charge in [0, 0.05) is 24.0 Å². The fourth-order valence-electron chi connectivity index (χ4n) is 3.09. The van der Waals surface area contributed by atoms with Gasteiger partial charge in [-0.15, -0.1) is 0 Å². The number of amides is 4. The van der Waals surface area contributed by atoms with Gasteiger partial charge in [-0.1, -0.05) is 39.2 Å². The lowest BCUT2D eigenvalue weighted by molar-refractivity contribution is -0.143. The lowest BCUT2D eigenvalue weighted by Gasteiger charge is -2.17. The molecule has 174 valence electrons. The van der Waals surface area contributed by atoms with E-state index in [1.807, 2.05) is 13.0 Å². The van der Waals surface area contributed by atoms with Gasteiger partial charge in [0.05, 0.1) is 13.0 Å². The summed E-state index contributed by atoms with van der Waals surface area (Å²) >= 11 is 0. The molecule has 1 aromatic carbocycles. The Hall–Kier alpha value is -2.77. The number of carbonyl (C=O) groups is 3. The lowest BCUT2D eigenvalue weighted by atomic mass is 9.99. The Morgan fingerprint density at radius 3 is 2.45 bits per heavy atom. The van der Waals surface area contributed by atoms with E-state index in [4.69, 9.17) is 4.74 Å². The van der Waals surface area contributed by atoms with Crippen LogP contribution in [0, 0.1) is 12.8 Å². The van der Waals surface area contributed by atoms with Gasteiger partial charge in [0.15, 0.2) is 0 Å². The van der Waals surface area contributed by atoms with E-state index in [1.165, 1.54) is 0 Å². The summed E-state index contributed by atoms with van der Waals surface area (Å²) in [5.74, 6) is 0.114. The minimum absolute atomic E-state index is 0.0964. The highest BCUT2D eigenvalue weighted by molar-refractivity contribution is 5.93. The third kappa shape index (κ3) is 10.7. The molecule has 0 aliphatic rings. The molecule has 0 heterocycles. The second-order valence-corrected chi connectivity index (χ2v) is 7.79. The zero-order valence-corrected chi connectivity index (χ0v) is 19.5. The number of carbonyl (C=O) groups excluding carboxylic acids is 3. The molecule has 2 atom stereocenters. The van der Waals surface area contributed by atoms with Crippen molar-refractivity contribution in [1.82, 2.24) is 10.6 Å². The molecule has 0 bridgehead atoms. The van der Waals surface area contributed by atoms with Gasteiger partial charge < -0.3 is 26.0 Å². The van der Waals surface area contributed by atoms with Crippen LogP contribution in [-0.4, -0.2) is 37.2 Å². The molecule has 1 aromatic rings. The predicted molar refractivity (Wildman–Crippen MR) is 124 cm³/mol. The van der Waals surface area contributed by atoms with E-state index in [2.05, 4.69) is 35.1 Å². The molecule has 2 unspecified atom stereocenters. The molecule has 0 aliphatic carbocycles. The SMILES string of the molecule is CCCCC(CC)CNC(=O)Nc1cc(NC(=O)NC(C)CC(=O)OCC)ccc1C. The maximum atomic E-state index is 12.3. The molecule has 4 amide bonds. The standard InChI is InChI=1S/C23H38N4O4/c1-6-9-10-18(7-2)15-24-22(29)27-20-14-19(12-11-16(20)4)26-23(30)25-17(5)13-21(28)31-8-3/h11-12,14,17-18H,6-10,13,15H2,1-5H3,(H2,24,27,29)(H2,25,26,30). The predicted octanol–water partition coefficient (Wildman–Crippen LogP) is 4.80. The smallest absolute Gasteiger partial charge is 0.319 e. The zero-order chi connectivity index (χ0) is 23.2. The molecule has 0 aromatic heterocycles. The molecule has 0 radical (unpaired) electrons. The first-order valence-corrected chi connectivity index (χ1v) is 11.2. The van der Waals surface area contributed by atoms with Gasteiger partial charge in [-0.2, -0.15) is 0 Å². The summed E-state index contributed by atoms with van der Waals surface area (Å²) in [5.41, 5.74) is 2.04. The molecule has 0 saturated heterocycles. The Morgan fingerprint density at radius 1 is 1.06 bits per heavy atom. The van der Waals surface area contributed by atoms with Crippen molar-refractivity contribution in [1.29, 1.82) is 0 Å². The van der Waals surface area contributed by atoms with Crippen molar-refractivity contribution in [2.24, 2.45) is 5.92 Å². The number of nitrogens with one attached hydrogen (secondary N) is 4. The third-order valence-electron chi connectivity index (χ3n) is 4.99. The summed E-state index contributed by atoms with van der Waals surface area (Å²) in [6, 6.07) is 4.22. The number of rotatable bonds is 12. The number of ether oxygens (including phenoxy) is 1. The van der Waals surface area contributed by atoms with Crippen LogP contribution in [0.4, 0.5) is 21.0 Å². The van der Waals surface area contributed by atoms with E-state index < -0.39 is 6.03 Å². The van der Waals surface area contributed by atoms with Crippen LogP contribution in [0.15, 0.2) is 18.2 Å². The Morgan fingerprint density at radius 2 is 1.81 bits per heavy atom. The second-order valence-electron chi connectivity index (χ2n) is 7.79. The molecule has 31 heavy (non-hydrogen) atoms. The number of urea groups is 2. The van der Waals surface area contributed by atoms with Crippen molar-refractivity contribution in [3.8, 4) is 0 Å². The first-order chi connectivity index (χ1) is 14.8. The molecule has 0 saturated carbocycles. The molecule has 1 rings (SSSR count). The third-order valence-corrected chi connectivity index (χ3v) is 4.99. The molecular weight excluding hydrogens is 396 g/mol. The fourth-order valence-corrected chi connectivity index (χ4v) is 3.09. The number of anilines is 2. The van der Waals surface area contributed by atoms with Crippen LogP contribution in [-0.2, 0) is 9.53 Å². The van der Waals surface area contributed by atoms with E-state index in [0.29, 0.717) is 30.4 Å². The average Bonchev–Trinajstić information content (AvgIpc) is 2.70. The number of aryl methyl sites for hydroxylation is 1. The topological polar surface area (TPSA) is 109 Å². The van der Waals surface area contributed by atoms with Crippen LogP contribution in [0.1, 0.15) is 65.4 Å². The molecule has 0 spiro atoms. The molecule has 0 aliphatic heterocycles. The van der Waals surface area contributed by atoms with E-state index in [1.54, 1.807) is 26.0 Å². The van der Waals surface area contributed by atoms with Gasteiger partial charge in [0.1, 0.15) is 0 Å². The maximum absolute atomic E-state index is 12.3. The first kappa shape index (κ1) is 26.3. The van der Waals surface area contributed by atoms with Gasteiger partial charge in [0.25, 0.3) is 0 Å². The Kier molecular flexibility index (Phi) is 12.1. The summed E-state index contributed by atoms with van der Waals surface area (Å²) in [6.45, 7) is 10.6. The number of esters is 1. The number of hydrogen-bond donors (Lipinski definition) is 4. The minimum Gasteiger partial charge on any atom is -0.466 e. The quantitative estimate of drug-likeness (QED) is 0.354. The van der Waals surface area contributed by atoms with Crippen molar-refractivity contribution < 1.29 is 19.1 Å². The van der Waals surface area contributed by atoms with Crippen molar-refractivity contribution in [3.63, 3.8) is 0 Å². The van der Waals surface area contributed by atoms with Crippen LogP contribution in [0.3, 0.4) is 0 Å². The van der Waals surface area contributed by atoms with Gasteiger partial charge >= 0.3 is 18.0 Å². The van der Waals surface area contributed by atoms with Crippen LogP contribution < -0.4 is 21.3 Å². The fraction of sp³-hybridized carbons (Fsp3) is 0.609. The normalized spacial score (nSPS) is 12.4. The summed E-state index contributed by atoms with van der Waals surface area (Å²) in [4.78, 5) is 36.0. The summed E-state index contributed by atoms with van der Waals surface area (Å²) in [5, 5.41) is 11.2. The summed E-state index contributed by atoms with van der Waals surface area (Å²) in [6.07, 6.45) is 4.54. The number of benzene rings is 1. The largest absolute Gasteiger partial charge is 0.466 e. The highest BCUT2D eigenvalue weighted by Gasteiger charge is 2.14. The average molecular weight is 435 g/mol. The Balaban J connectivity index is 2.59. The molecule has 4 N–H and O–H groups in total. The molecular formula is C23H38N4O4. The van der Waals surface area contributed by atoms with Crippen molar-refractivity contribution in [2.75, 3.05) is 23.8 Å².